The molecule has 0 aromatic heterocycles. The zero-order valence-electron chi connectivity index (χ0n) is 10.6. The van der Waals surface area contributed by atoms with E-state index in [1.807, 2.05) is 0 Å². The first-order valence-electron chi connectivity index (χ1n) is 5.93. The second kappa shape index (κ2) is 6.56. The van der Waals surface area contributed by atoms with E-state index in [4.69, 9.17) is 23.2 Å². The highest BCUT2D eigenvalue weighted by Gasteiger charge is 2.21. The van der Waals surface area contributed by atoms with E-state index < -0.39 is 16.2 Å². The number of hydrogen-bond acceptors (Lipinski definition) is 3. The molecule has 1 N–H and O–H groups in total. The first-order valence-corrected chi connectivity index (χ1v) is 6.74. The van der Waals surface area contributed by atoms with Crippen molar-refractivity contribution in [3.05, 3.63) is 69.2 Å². The number of carbonyl (C=O) groups excluding carboxylic acids is 1. The van der Waals surface area contributed by atoms with Gasteiger partial charge in [0.15, 0.2) is 0 Å². The van der Waals surface area contributed by atoms with Crippen molar-refractivity contribution < 1.29 is 9.72 Å². The van der Waals surface area contributed by atoms with Gasteiger partial charge in [-0.15, -0.1) is 11.6 Å². The molecule has 1 amide bonds. The van der Waals surface area contributed by atoms with Crippen molar-refractivity contribution in [2.75, 3.05) is 5.32 Å². The minimum Gasteiger partial charge on any atom is -0.319 e. The molecule has 2 aromatic carbocycles. The van der Waals surface area contributed by atoms with Crippen molar-refractivity contribution in [2.45, 2.75) is 5.38 Å². The molecule has 2 aromatic rings. The van der Waals surface area contributed by atoms with Crippen molar-refractivity contribution in [1.82, 2.24) is 0 Å². The number of rotatable bonds is 4. The smallest absolute Gasteiger partial charge is 0.292 e. The van der Waals surface area contributed by atoms with Crippen LogP contribution in [0, 0.1) is 10.1 Å². The normalized spacial score (nSPS) is 11.7. The Balaban J connectivity index is 2.24. The molecular formula is C14H10Cl2N2O3. The molecule has 2 rings (SSSR count). The monoisotopic (exact) mass is 324 g/mol. The van der Waals surface area contributed by atoms with E-state index in [-0.39, 0.29) is 16.4 Å². The molecule has 0 saturated heterocycles. The van der Waals surface area contributed by atoms with Gasteiger partial charge in [0, 0.05) is 11.1 Å². The molecule has 108 valence electrons. The second-order valence-corrected chi connectivity index (χ2v) is 5.05. The van der Waals surface area contributed by atoms with Crippen LogP contribution in [0.2, 0.25) is 5.02 Å². The van der Waals surface area contributed by atoms with Gasteiger partial charge >= 0.3 is 0 Å². The van der Waals surface area contributed by atoms with Crippen molar-refractivity contribution >= 4 is 40.5 Å². The lowest BCUT2D eigenvalue weighted by Crippen LogP contribution is -2.18. The first kappa shape index (κ1) is 15.3. The number of hydrogen-bond donors (Lipinski definition) is 1. The molecule has 0 bridgehead atoms. The van der Waals surface area contributed by atoms with Crippen LogP contribution in [-0.2, 0) is 4.79 Å². The summed E-state index contributed by atoms with van der Waals surface area (Å²) in [5.41, 5.74) is 0.366. The summed E-state index contributed by atoms with van der Waals surface area (Å²) in [6, 6.07) is 12.6. The third-order valence-electron chi connectivity index (χ3n) is 2.74. The number of nitro groups is 1. The van der Waals surface area contributed by atoms with Crippen molar-refractivity contribution in [1.29, 1.82) is 0 Å². The zero-order valence-corrected chi connectivity index (χ0v) is 12.1. The lowest BCUT2D eigenvalue weighted by Gasteiger charge is -2.11. The SMILES string of the molecule is O=C(Nc1cc(Cl)ccc1[N+](=O)[O-])C(Cl)c1ccccc1. The predicted molar refractivity (Wildman–Crippen MR) is 81.8 cm³/mol. The number of benzene rings is 2. The fourth-order valence-corrected chi connectivity index (χ4v) is 2.11. The number of halogens is 2. The molecule has 0 aliphatic carbocycles. The highest BCUT2D eigenvalue weighted by molar-refractivity contribution is 6.33. The number of alkyl halides is 1. The number of anilines is 1. The molecule has 0 aliphatic heterocycles. The van der Waals surface area contributed by atoms with Gasteiger partial charge in [0.05, 0.1) is 4.92 Å². The largest absolute Gasteiger partial charge is 0.319 e. The Morgan fingerprint density at radius 2 is 1.86 bits per heavy atom. The quantitative estimate of drug-likeness (QED) is 0.521. The fraction of sp³-hybridized carbons (Fsp3) is 0.0714. The van der Waals surface area contributed by atoms with E-state index in [2.05, 4.69) is 5.32 Å². The molecule has 7 heteroatoms. The maximum absolute atomic E-state index is 12.1. The van der Waals surface area contributed by atoms with Crippen LogP contribution in [0.4, 0.5) is 11.4 Å². The van der Waals surface area contributed by atoms with Gasteiger partial charge in [-0.05, 0) is 17.7 Å². The topological polar surface area (TPSA) is 72.2 Å². The van der Waals surface area contributed by atoms with Gasteiger partial charge in [-0.1, -0.05) is 41.9 Å². The van der Waals surface area contributed by atoms with Gasteiger partial charge in [-0.3, -0.25) is 14.9 Å². The zero-order chi connectivity index (χ0) is 15.4. The molecule has 0 saturated carbocycles. The Bertz CT molecular complexity index is 677. The van der Waals surface area contributed by atoms with Gasteiger partial charge in [0.25, 0.3) is 5.69 Å². The highest BCUT2D eigenvalue weighted by Crippen LogP contribution is 2.29. The number of nitro benzene ring substituents is 1. The molecular weight excluding hydrogens is 315 g/mol. The van der Waals surface area contributed by atoms with E-state index in [0.29, 0.717) is 5.56 Å². The summed E-state index contributed by atoms with van der Waals surface area (Å²) < 4.78 is 0. The number of carbonyl (C=O) groups is 1. The Labute approximate surface area is 130 Å². The van der Waals surface area contributed by atoms with Crippen LogP contribution in [0.5, 0.6) is 0 Å². The lowest BCUT2D eigenvalue weighted by atomic mass is 10.1. The summed E-state index contributed by atoms with van der Waals surface area (Å²) >= 11 is 11.9. The summed E-state index contributed by atoms with van der Waals surface area (Å²) in [4.78, 5) is 22.4. The van der Waals surface area contributed by atoms with Crippen LogP contribution < -0.4 is 5.32 Å². The Morgan fingerprint density at radius 3 is 2.48 bits per heavy atom. The number of amides is 1. The molecule has 21 heavy (non-hydrogen) atoms. The minimum absolute atomic E-state index is 0.0130. The van der Waals surface area contributed by atoms with Crippen LogP contribution in [0.25, 0.3) is 0 Å². The van der Waals surface area contributed by atoms with E-state index in [1.165, 1.54) is 18.2 Å². The van der Waals surface area contributed by atoms with Crippen molar-refractivity contribution in [2.24, 2.45) is 0 Å². The fourth-order valence-electron chi connectivity index (χ4n) is 1.74. The van der Waals surface area contributed by atoms with Gasteiger partial charge < -0.3 is 5.32 Å². The summed E-state index contributed by atoms with van der Waals surface area (Å²) in [6.45, 7) is 0. The van der Waals surface area contributed by atoms with Gasteiger partial charge in [-0.2, -0.15) is 0 Å². The summed E-state index contributed by atoms with van der Waals surface area (Å²) in [5.74, 6) is -0.562. The number of nitrogens with one attached hydrogen (secondary N) is 1. The van der Waals surface area contributed by atoms with E-state index in [9.17, 15) is 14.9 Å². The summed E-state index contributed by atoms with van der Waals surface area (Å²) in [7, 11) is 0. The molecule has 0 aliphatic rings. The van der Waals surface area contributed by atoms with Crippen LogP contribution >= 0.6 is 23.2 Å². The molecule has 1 unspecified atom stereocenters. The van der Waals surface area contributed by atoms with Crippen LogP contribution in [0.15, 0.2) is 48.5 Å². The molecule has 1 atom stereocenters. The highest BCUT2D eigenvalue weighted by atomic mass is 35.5. The third kappa shape index (κ3) is 3.71. The summed E-state index contributed by atoms with van der Waals surface area (Å²) in [5, 5.41) is 12.7. The van der Waals surface area contributed by atoms with Gasteiger partial charge in [-0.25, -0.2) is 0 Å². The molecule has 5 nitrogen and oxygen atoms in total. The van der Waals surface area contributed by atoms with Crippen LogP contribution in [0.1, 0.15) is 10.9 Å². The maximum Gasteiger partial charge on any atom is 0.292 e. The second-order valence-electron chi connectivity index (χ2n) is 4.18. The summed E-state index contributed by atoms with van der Waals surface area (Å²) in [6.07, 6.45) is 0. The Kier molecular flexibility index (Phi) is 4.77. The van der Waals surface area contributed by atoms with Crippen LogP contribution in [0.3, 0.4) is 0 Å². The third-order valence-corrected chi connectivity index (χ3v) is 3.42. The van der Waals surface area contributed by atoms with Crippen molar-refractivity contribution in [3.63, 3.8) is 0 Å². The average Bonchev–Trinajstić information content (AvgIpc) is 2.47. The molecule has 0 spiro atoms. The minimum atomic E-state index is -0.954. The lowest BCUT2D eigenvalue weighted by molar-refractivity contribution is -0.383. The Hall–Kier alpha value is -2.11. The standard InChI is InChI=1S/C14H10Cl2N2O3/c15-10-6-7-12(18(20)21)11(8-10)17-14(19)13(16)9-4-2-1-3-5-9/h1-8,13H,(H,17,19). The Morgan fingerprint density at radius 1 is 1.19 bits per heavy atom. The van der Waals surface area contributed by atoms with Crippen molar-refractivity contribution in [3.8, 4) is 0 Å². The van der Waals surface area contributed by atoms with Gasteiger partial charge in [0.1, 0.15) is 11.1 Å². The van der Waals surface area contributed by atoms with Gasteiger partial charge in [0.2, 0.25) is 5.91 Å². The predicted octanol–water partition coefficient (Wildman–Crippen LogP) is 4.17. The van der Waals surface area contributed by atoms with E-state index >= 15 is 0 Å². The van der Waals surface area contributed by atoms with E-state index in [0.717, 1.165) is 0 Å². The number of nitrogens with zero attached hydrogens (tertiary/aromatic N) is 1. The average molecular weight is 325 g/mol. The first-order chi connectivity index (χ1) is 9.99. The van der Waals surface area contributed by atoms with Crippen LogP contribution in [-0.4, -0.2) is 10.8 Å². The molecule has 0 radical (unpaired) electrons. The molecule has 0 fully saturated rings. The maximum atomic E-state index is 12.1. The van der Waals surface area contributed by atoms with E-state index in [1.54, 1.807) is 30.3 Å². The molecule has 0 heterocycles.